The Labute approximate surface area is 102 Å². The molecule has 0 spiro atoms. The fourth-order valence-corrected chi connectivity index (χ4v) is 4.11. The molecule has 4 heteroatoms. The van der Waals surface area contributed by atoms with Crippen LogP contribution in [0.1, 0.15) is 18.7 Å². The lowest BCUT2D eigenvalue weighted by molar-refractivity contribution is 0.437. The lowest BCUT2D eigenvalue weighted by atomic mass is 10.0. The molecule has 1 fully saturated rings. The van der Waals surface area contributed by atoms with E-state index in [4.69, 9.17) is 0 Å². The largest absolute Gasteiger partial charge is 0.307 e. The van der Waals surface area contributed by atoms with Gasteiger partial charge in [0.15, 0.2) is 0 Å². The summed E-state index contributed by atoms with van der Waals surface area (Å²) >= 11 is 7.33. The smallest absolute Gasteiger partial charge is 0.0701 e. The first-order chi connectivity index (χ1) is 6.58. The van der Waals surface area contributed by atoms with E-state index in [1.54, 1.807) is 0 Å². The van der Waals surface area contributed by atoms with Crippen molar-refractivity contribution in [2.24, 2.45) is 0 Å². The molecule has 1 N–H and O–H groups in total. The van der Waals surface area contributed by atoms with Crippen LogP contribution in [-0.4, -0.2) is 16.5 Å². The van der Waals surface area contributed by atoms with Gasteiger partial charge in [-0.05, 0) is 41.9 Å². The van der Waals surface area contributed by atoms with Crippen molar-refractivity contribution in [3.05, 3.63) is 20.8 Å². The first-order valence-electron chi connectivity index (χ1n) is 4.69. The van der Waals surface area contributed by atoms with Gasteiger partial charge < -0.3 is 5.32 Å². The van der Waals surface area contributed by atoms with Crippen molar-refractivity contribution >= 4 is 39.0 Å². The van der Waals surface area contributed by atoms with Gasteiger partial charge in [0.2, 0.25) is 0 Å². The summed E-state index contributed by atoms with van der Waals surface area (Å²) in [4.78, 5) is 1.41. The standard InChI is InChI=1S/C10H14BrNS2/c1-10(2)8(6-13-10)12-5-7-3-4-9(11)14-7/h3-4,8,12H,5-6H2,1-2H3. The molecule has 0 radical (unpaired) electrons. The third-order valence-corrected chi connectivity index (χ3v) is 5.76. The normalized spacial score (nSPS) is 24.6. The number of hydrogen-bond donors (Lipinski definition) is 1. The monoisotopic (exact) mass is 291 g/mol. The zero-order valence-electron chi connectivity index (χ0n) is 8.34. The molecule has 2 heterocycles. The number of thiophene rings is 1. The Kier molecular flexibility index (Phi) is 3.27. The summed E-state index contributed by atoms with van der Waals surface area (Å²) < 4.78 is 1.64. The van der Waals surface area contributed by atoms with Crippen molar-refractivity contribution in [1.82, 2.24) is 5.32 Å². The molecule has 0 aliphatic carbocycles. The van der Waals surface area contributed by atoms with E-state index in [0.29, 0.717) is 10.8 Å². The highest BCUT2D eigenvalue weighted by Crippen LogP contribution is 2.40. The average Bonchev–Trinajstić information content (AvgIpc) is 2.50. The zero-order valence-corrected chi connectivity index (χ0v) is 11.6. The third kappa shape index (κ3) is 2.35. The van der Waals surface area contributed by atoms with Crippen molar-refractivity contribution in [3.63, 3.8) is 0 Å². The van der Waals surface area contributed by atoms with Gasteiger partial charge in [-0.15, -0.1) is 11.3 Å². The van der Waals surface area contributed by atoms with E-state index in [1.165, 1.54) is 14.4 Å². The van der Waals surface area contributed by atoms with Crippen LogP contribution in [0.4, 0.5) is 0 Å². The van der Waals surface area contributed by atoms with Crippen LogP contribution in [0.5, 0.6) is 0 Å². The second-order valence-electron chi connectivity index (χ2n) is 4.05. The van der Waals surface area contributed by atoms with Crippen LogP contribution in [0.15, 0.2) is 15.9 Å². The maximum atomic E-state index is 3.61. The first-order valence-corrected chi connectivity index (χ1v) is 7.29. The lowest BCUT2D eigenvalue weighted by Gasteiger charge is -2.44. The highest BCUT2D eigenvalue weighted by atomic mass is 79.9. The Morgan fingerprint density at radius 1 is 1.57 bits per heavy atom. The van der Waals surface area contributed by atoms with Crippen LogP contribution >= 0.6 is 39.0 Å². The van der Waals surface area contributed by atoms with Gasteiger partial charge in [-0.1, -0.05) is 0 Å². The maximum Gasteiger partial charge on any atom is 0.0701 e. The van der Waals surface area contributed by atoms with Crippen molar-refractivity contribution in [1.29, 1.82) is 0 Å². The molecule has 1 saturated heterocycles. The molecule has 1 aromatic rings. The fraction of sp³-hybridized carbons (Fsp3) is 0.600. The molecule has 0 amide bonds. The van der Waals surface area contributed by atoms with Gasteiger partial charge in [-0.2, -0.15) is 11.8 Å². The van der Waals surface area contributed by atoms with Gasteiger partial charge in [0, 0.05) is 28.0 Å². The van der Waals surface area contributed by atoms with E-state index in [0.717, 1.165) is 6.54 Å². The Morgan fingerprint density at radius 3 is 2.79 bits per heavy atom. The fourth-order valence-electron chi connectivity index (χ4n) is 1.48. The number of rotatable bonds is 3. The number of thioether (sulfide) groups is 1. The van der Waals surface area contributed by atoms with Crippen molar-refractivity contribution in [2.75, 3.05) is 5.75 Å². The zero-order chi connectivity index (χ0) is 10.2. The van der Waals surface area contributed by atoms with Crippen LogP contribution in [0, 0.1) is 0 Å². The minimum absolute atomic E-state index is 0.425. The van der Waals surface area contributed by atoms with Crippen LogP contribution in [0.25, 0.3) is 0 Å². The van der Waals surface area contributed by atoms with Crippen LogP contribution < -0.4 is 5.32 Å². The van der Waals surface area contributed by atoms with Crippen molar-refractivity contribution in [3.8, 4) is 0 Å². The van der Waals surface area contributed by atoms with E-state index in [-0.39, 0.29) is 0 Å². The second-order valence-corrected chi connectivity index (χ2v) is 8.28. The Hall–Kier alpha value is 0.490. The summed E-state index contributed by atoms with van der Waals surface area (Å²) in [6.07, 6.45) is 0. The van der Waals surface area contributed by atoms with E-state index >= 15 is 0 Å². The Morgan fingerprint density at radius 2 is 2.36 bits per heavy atom. The summed E-state index contributed by atoms with van der Waals surface area (Å²) in [5.74, 6) is 1.25. The molecule has 2 rings (SSSR count). The topological polar surface area (TPSA) is 12.0 Å². The van der Waals surface area contributed by atoms with Gasteiger partial charge in [0.25, 0.3) is 0 Å². The molecule has 1 aliphatic rings. The third-order valence-electron chi connectivity index (χ3n) is 2.61. The molecule has 1 unspecified atom stereocenters. The average molecular weight is 292 g/mol. The molecule has 0 bridgehead atoms. The Balaban J connectivity index is 1.83. The number of nitrogens with one attached hydrogen (secondary N) is 1. The quantitative estimate of drug-likeness (QED) is 0.915. The van der Waals surface area contributed by atoms with Crippen molar-refractivity contribution in [2.45, 2.75) is 31.2 Å². The van der Waals surface area contributed by atoms with Crippen LogP contribution in [0.2, 0.25) is 0 Å². The number of halogens is 1. The molecule has 1 aliphatic heterocycles. The van der Waals surface area contributed by atoms with Crippen molar-refractivity contribution < 1.29 is 0 Å². The SMILES string of the molecule is CC1(C)SCC1NCc1ccc(Br)s1. The summed E-state index contributed by atoms with van der Waals surface area (Å²) in [6.45, 7) is 5.62. The molecule has 1 nitrogen and oxygen atoms in total. The van der Waals surface area contributed by atoms with Gasteiger partial charge in [0.1, 0.15) is 0 Å². The predicted octanol–water partition coefficient (Wildman–Crippen LogP) is 3.49. The van der Waals surface area contributed by atoms with Gasteiger partial charge in [0.05, 0.1) is 3.79 Å². The molecule has 1 aromatic heterocycles. The molecule has 0 saturated carbocycles. The summed E-state index contributed by atoms with van der Waals surface area (Å²) in [6, 6.07) is 4.97. The highest BCUT2D eigenvalue weighted by molar-refractivity contribution is 9.11. The van der Waals surface area contributed by atoms with E-state index < -0.39 is 0 Å². The van der Waals surface area contributed by atoms with Gasteiger partial charge >= 0.3 is 0 Å². The highest BCUT2D eigenvalue weighted by Gasteiger charge is 2.38. The summed E-state index contributed by atoms with van der Waals surface area (Å²) in [5.41, 5.74) is 0. The van der Waals surface area contributed by atoms with Gasteiger partial charge in [-0.3, -0.25) is 0 Å². The summed E-state index contributed by atoms with van der Waals surface area (Å²) in [7, 11) is 0. The van der Waals surface area contributed by atoms with Crippen LogP contribution in [0.3, 0.4) is 0 Å². The first kappa shape index (κ1) is 11.0. The minimum atomic E-state index is 0.425. The lowest BCUT2D eigenvalue weighted by Crippen LogP contribution is -2.54. The predicted molar refractivity (Wildman–Crippen MR) is 69.2 cm³/mol. The molecule has 0 aromatic carbocycles. The molecular weight excluding hydrogens is 278 g/mol. The van der Waals surface area contributed by atoms with E-state index in [2.05, 4.69) is 47.2 Å². The molecular formula is C10H14BrNS2. The molecule has 78 valence electrons. The minimum Gasteiger partial charge on any atom is -0.307 e. The summed E-state index contributed by atoms with van der Waals surface area (Å²) in [5, 5.41) is 3.61. The molecule has 14 heavy (non-hydrogen) atoms. The second kappa shape index (κ2) is 4.16. The van der Waals surface area contributed by atoms with Crippen LogP contribution in [-0.2, 0) is 6.54 Å². The molecule has 1 atom stereocenters. The van der Waals surface area contributed by atoms with E-state index in [1.807, 2.05) is 23.1 Å². The maximum absolute atomic E-state index is 3.61. The van der Waals surface area contributed by atoms with Gasteiger partial charge in [-0.25, -0.2) is 0 Å². The Bertz CT molecular complexity index is 322. The number of hydrogen-bond acceptors (Lipinski definition) is 3. The van der Waals surface area contributed by atoms with E-state index in [9.17, 15) is 0 Å².